The summed E-state index contributed by atoms with van der Waals surface area (Å²) in [5.74, 6) is 1.80. The minimum atomic E-state index is 0.720. The molecule has 0 saturated heterocycles. The zero-order chi connectivity index (χ0) is 11.4. The summed E-state index contributed by atoms with van der Waals surface area (Å²) in [5, 5.41) is 11.1. The summed E-state index contributed by atoms with van der Waals surface area (Å²) in [7, 11) is 1.83. The molecule has 5 heteroatoms. The van der Waals surface area contributed by atoms with Gasteiger partial charge >= 0.3 is 0 Å². The van der Waals surface area contributed by atoms with E-state index in [1.54, 1.807) is 0 Å². The van der Waals surface area contributed by atoms with Crippen LogP contribution < -0.4 is 5.32 Å². The molecule has 16 heavy (non-hydrogen) atoms. The fraction of sp³-hybridized carbons (Fsp3) is 0.364. The van der Waals surface area contributed by atoms with Crippen LogP contribution in [0, 0.1) is 0 Å². The molecule has 0 radical (unpaired) electrons. The normalized spacial score (nSPS) is 10.4. The SMILES string of the molecule is CCn1ccnc1Cc1ccc(NC)nn1. The van der Waals surface area contributed by atoms with E-state index in [0.717, 1.165) is 30.3 Å². The first-order valence-corrected chi connectivity index (χ1v) is 5.34. The van der Waals surface area contributed by atoms with Crippen LogP contribution in [0.4, 0.5) is 5.82 Å². The first kappa shape index (κ1) is 10.6. The second-order valence-corrected chi connectivity index (χ2v) is 3.47. The zero-order valence-corrected chi connectivity index (χ0v) is 9.51. The molecule has 2 aromatic rings. The Labute approximate surface area is 94.5 Å². The van der Waals surface area contributed by atoms with Gasteiger partial charge in [-0.15, -0.1) is 5.10 Å². The third kappa shape index (κ3) is 2.18. The van der Waals surface area contributed by atoms with Crippen molar-refractivity contribution >= 4 is 5.82 Å². The summed E-state index contributed by atoms with van der Waals surface area (Å²) >= 11 is 0. The van der Waals surface area contributed by atoms with Crippen molar-refractivity contribution in [2.24, 2.45) is 0 Å². The molecule has 84 valence electrons. The van der Waals surface area contributed by atoms with Gasteiger partial charge in [0, 0.05) is 26.0 Å². The largest absolute Gasteiger partial charge is 0.372 e. The molecule has 0 amide bonds. The number of hydrogen-bond donors (Lipinski definition) is 1. The molecule has 0 aromatic carbocycles. The Hall–Kier alpha value is -1.91. The molecule has 0 aliphatic rings. The number of aryl methyl sites for hydroxylation is 1. The van der Waals surface area contributed by atoms with Gasteiger partial charge in [-0.05, 0) is 19.1 Å². The molecule has 0 saturated carbocycles. The summed E-state index contributed by atoms with van der Waals surface area (Å²) < 4.78 is 2.10. The lowest BCUT2D eigenvalue weighted by atomic mass is 10.3. The standard InChI is InChI=1S/C11H15N5/c1-3-16-7-6-13-11(16)8-9-4-5-10(12-2)15-14-9/h4-7H,3,8H2,1-2H3,(H,12,15). The first-order chi connectivity index (χ1) is 7.83. The number of rotatable bonds is 4. The first-order valence-electron chi connectivity index (χ1n) is 5.34. The lowest BCUT2D eigenvalue weighted by Crippen LogP contribution is -2.04. The summed E-state index contributed by atoms with van der Waals surface area (Å²) in [6, 6.07) is 3.88. The van der Waals surface area contributed by atoms with Crippen molar-refractivity contribution < 1.29 is 0 Å². The van der Waals surface area contributed by atoms with Crippen LogP contribution in [0.2, 0.25) is 0 Å². The van der Waals surface area contributed by atoms with Crippen molar-refractivity contribution in [2.45, 2.75) is 19.9 Å². The van der Waals surface area contributed by atoms with Crippen LogP contribution in [0.5, 0.6) is 0 Å². The van der Waals surface area contributed by atoms with Gasteiger partial charge in [0.1, 0.15) is 11.6 Å². The predicted molar refractivity (Wildman–Crippen MR) is 62.3 cm³/mol. The van der Waals surface area contributed by atoms with Crippen molar-refractivity contribution in [1.82, 2.24) is 19.7 Å². The van der Waals surface area contributed by atoms with Gasteiger partial charge in [0.15, 0.2) is 0 Å². The van der Waals surface area contributed by atoms with Gasteiger partial charge in [0.05, 0.1) is 12.1 Å². The molecule has 0 unspecified atom stereocenters. The van der Waals surface area contributed by atoms with Gasteiger partial charge < -0.3 is 9.88 Å². The Kier molecular flexibility index (Phi) is 3.14. The van der Waals surface area contributed by atoms with E-state index in [4.69, 9.17) is 0 Å². The van der Waals surface area contributed by atoms with Gasteiger partial charge in [-0.1, -0.05) is 0 Å². The average Bonchev–Trinajstić information content (AvgIpc) is 2.77. The molecule has 1 N–H and O–H groups in total. The number of aromatic nitrogens is 4. The lowest BCUT2D eigenvalue weighted by Gasteiger charge is -2.04. The second-order valence-electron chi connectivity index (χ2n) is 3.47. The summed E-state index contributed by atoms with van der Waals surface area (Å²) in [5.41, 5.74) is 0.930. The Morgan fingerprint density at radius 3 is 2.81 bits per heavy atom. The van der Waals surface area contributed by atoms with Crippen molar-refractivity contribution in [2.75, 3.05) is 12.4 Å². The predicted octanol–water partition coefficient (Wildman–Crippen LogP) is 1.33. The molecule has 2 rings (SSSR count). The Bertz CT molecular complexity index is 446. The van der Waals surface area contributed by atoms with Crippen molar-refractivity contribution in [3.63, 3.8) is 0 Å². The molecule has 5 nitrogen and oxygen atoms in total. The Morgan fingerprint density at radius 2 is 2.19 bits per heavy atom. The molecule has 0 spiro atoms. The van der Waals surface area contributed by atoms with Gasteiger partial charge in [-0.25, -0.2) is 4.98 Å². The van der Waals surface area contributed by atoms with E-state index in [-0.39, 0.29) is 0 Å². The number of hydrogen-bond acceptors (Lipinski definition) is 4. The smallest absolute Gasteiger partial charge is 0.148 e. The monoisotopic (exact) mass is 217 g/mol. The molecular formula is C11H15N5. The van der Waals surface area contributed by atoms with Crippen LogP contribution in [0.25, 0.3) is 0 Å². The number of anilines is 1. The molecule has 0 atom stereocenters. The van der Waals surface area contributed by atoms with E-state index >= 15 is 0 Å². The third-order valence-electron chi connectivity index (χ3n) is 2.46. The van der Waals surface area contributed by atoms with E-state index < -0.39 is 0 Å². The van der Waals surface area contributed by atoms with Crippen LogP contribution in [0.1, 0.15) is 18.4 Å². The van der Waals surface area contributed by atoms with E-state index in [1.807, 2.05) is 31.6 Å². The highest BCUT2D eigenvalue weighted by Gasteiger charge is 2.04. The van der Waals surface area contributed by atoms with Crippen molar-refractivity contribution in [1.29, 1.82) is 0 Å². The van der Waals surface area contributed by atoms with Crippen LogP contribution in [-0.2, 0) is 13.0 Å². The molecule has 0 aliphatic heterocycles. The average molecular weight is 217 g/mol. The van der Waals surface area contributed by atoms with Crippen LogP contribution in [0.15, 0.2) is 24.5 Å². The van der Waals surface area contributed by atoms with Crippen molar-refractivity contribution in [3.05, 3.63) is 36.0 Å². The van der Waals surface area contributed by atoms with E-state index in [1.165, 1.54) is 0 Å². The molecule has 2 aromatic heterocycles. The lowest BCUT2D eigenvalue weighted by molar-refractivity contribution is 0.705. The summed E-state index contributed by atoms with van der Waals surface area (Å²) in [6.45, 7) is 3.03. The third-order valence-corrected chi connectivity index (χ3v) is 2.46. The minimum absolute atomic E-state index is 0.720. The maximum Gasteiger partial charge on any atom is 0.148 e. The van der Waals surface area contributed by atoms with Gasteiger partial charge in [0.25, 0.3) is 0 Å². The maximum atomic E-state index is 4.30. The Morgan fingerprint density at radius 1 is 1.31 bits per heavy atom. The number of nitrogens with zero attached hydrogens (tertiary/aromatic N) is 4. The van der Waals surface area contributed by atoms with E-state index in [9.17, 15) is 0 Å². The quantitative estimate of drug-likeness (QED) is 0.839. The highest BCUT2D eigenvalue weighted by Crippen LogP contribution is 2.07. The van der Waals surface area contributed by atoms with E-state index in [2.05, 4.69) is 32.0 Å². The number of nitrogens with one attached hydrogen (secondary N) is 1. The molecule has 2 heterocycles. The molecular weight excluding hydrogens is 202 g/mol. The maximum absolute atomic E-state index is 4.30. The summed E-state index contributed by atoms with van der Waals surface area (Å²) in [4.78, 5) is 4.30. The van der Waals surface area contributed by atoms with E-state index in [0.29, 0.717) is 0 Å². The summed E-state index contributed by atoms with van der Waals surface area (Å²) in [6.07, 6.45) is 4.51. The second kappa shape index (κ2) is 4.74. The minimum Gasteiger partial charge on any atom is -0.372 e. The highest BCUT2D eigenvalue weighted by molar-refractivity contribution is 5.32. The number of imidazole rings is 1. The molecule has 0 fully saturated rings. The Balaban J connectivity index is 2.14. The topological polar surface area (TPSA) is 55.6 Å². The highest BCUT2D eigenvalue weighted by atomic mass is 15.2. The van der Waals surface area contributed by atoms with Crippen LogP contribution >= 0.6 is 0 Å². The van der Waals surface area contributed by atoms with Gasteiger partial charge in [-0.2, -0.15) is 5.10 Å². The van der Waals surface area contributed by atoms with Crippen molar-refractivity contribution in [3.8, 4) is 0 Å². The molecule has 0 bridgehead atoms. The van der Waals surface area contributed by atoms with Crippen LogP contribution in [-0.4, -0.2) is 26.8 Å². The van der Waals surface area contributed by atoms with Crippen LogP contribution in [0.3, 0.4) is 0 Å². The zero-order valence-electron chi connectivity index (χ0n) is 9.51. The fourth-order valence-corrected chi connectivity index (χ4v) is 1.54. The van der Waals surface area contributed by atoms with Gasteiger partial charge in [-0.3, -0.25) is 0 Å². The fourth-order valence-electron chi connectivity index (χ4n) is 1.54. The molecule has 0 aliphatic carbocycles. The van der Waals surface area contributed by atoms with Gasteiger partial charge in [0.2, 0.25) is 0 Å².